The van der Waals surface area contributed by atoms with Gasteiger partial charge in [-0.3, -0.25) is 5.43 Å². The van der Waals surface area contributed by atoms with Crippen molar-refractivity contribution in [1.82, 2.24) is 16.2 Å². The van der Waals surface area contributed by atoms with Crippen LogP contribution in [-0.2, 0) is 4.74 Å². The summed E-state index contributed by atoms with van der Waals surface area (Å²) in [5.74, 6) is 0.545. The zero-order valence-corrected chi connectivity index (χ0v) is 17.8. The Kier molecular flexibility index (Phi) is 8.57. The van der Waals surface area contributed by atoms with Crippen molar-refractivity contribution >= 4 is 22.9 Å². The largest absolute Gasteiger partial charge is 0.473 e. The minimum atomic E-state index is -0.222. The SMILES string of the molecule is C=C(C)c1ccc(C2=CSC3=C(OC4CCNC4)NNC23)c(F)c1.CC.CO. The first-order chi connectivity index (χ1) is 13.6. The maximum atomic E-state index is 14.5. The molecule has 0 aliphatic carbocycles. The van der Waals surface area contributed by atoms with E-state index in [4.69, 9.17) is 9.84 Å². The standard InChI is InChI=1S/C18H20FN3OS.C2H6.CH4O/c1-10(2)11-3-4-13(15(19)7-11)14-9-24-17-16(14)21-22-18(17)23-12-5-6-20-8-12;2*1-2/h3-4,7,9,12,16,20-22H,1,5-6,8H2,2H3;1-2H3;2H,1H3. The molecule has 7 heteroatoms. The number of nitrogens with one attached hydrogen (secondary N) is 3. The first-order valence-corrected chi connectivity index (χ1v) is 10.4. The fourth-order valence-corrected chi connectivity index (χ4v) is 4.19. The number of benzene rings is 1. The number of allylic oxidation sites excluding steroid dienone is 1. The lowest BCUT2D eigenvalue weighted by molar-refractivity contribution is 0.116. The highest BCUT2D eigenvalue weighted by molar-refractivity contribution is 8.06. The van der Waals surface area contributed by atoms with Gasteiger partial charge in [0.15, 0.2) is 0 Å². The molecule has 0 radical (unpaired) electrons. The summed E-state index contributed by atoms with van der Waals surface area (Å²) in [4.78, 5) is 1.07. The van der Waals surface area contributed by atoms with E-state index in [0.717, 1.165) is 54.1 Å². The summed E-state index contributed by atoms with van der Waals surface area (Å²) in [5.41, 5.74) is 9.56. The zero-order chi connectivity index (χ0) is 20.7. The third-order valence-electron chi connectivity index (χ3n) is 4.51. The lowest BCUT2D eigenvalue weighted by Gasteiger charge is -2.14. The minimum Gasteiger partial charge on any atom is -0.473 e. The van der Waals surface area contributed by atoms with Gasteiger partial charge in [0.05, 0.1) is 10.9 Å². The van der Waals surface area contributed by atoms with Crippen LogP contribution in [0.2, 0.25) is 0 Å². The number of aliphatic hydroxyl groups is 1. The van der Waals surface area contributed by atoms with E-state index in [1.165, 1.54) is 0 Å². The summed E-state index contributed by atoms with van der Waals surface area (Å²) < 4.78 is 20.6. The van der Waals surface area contributed by atoms with Crippen LogP contribution in [-0.4, -0.2) is 37.5 Å². The number of rotatable bonds is 4. The summed E-state index contributed by atoms with van der Waals surface area (Å²) in [6.07, 6.45) is 1.20. The van der Waals surface area contributed by atoms with Crippen molar-refractivity contribution in [2.45, 2.75) is 39.3 Å². The Morgan fingerprint density at radius 3 is 2.68 bits per heavy atom. The molecule has 0 bridgehead atoms. The smallest absolute Gasteiger partial charge is 0.213 e. The second kappa shape index (κ2) is 10.7. The molecule has 1 aromatic carbocycles. The van der Waals surface area contributed by atoms with Gasteiger partial charge < -0.3 is 15.2 Å². The summed E-state index contributed by atoms with van der Waals surface area (Å²) in [5, 5.41) is 12.3. The Balaban J connectivity index is 0.000000660. The van der Waals surface area contributed by atoms with Crippen molar-refractivity contribution in [2.24, 2.45) is 0 Å². The van der Waals surface area contributed by atoms with Gasteiger partial charge in [-0.15, -0.1) is 0 Å². The molecule has 0 saturated carbocycles. The molecule has 2 atom stereocenters. The van der Waals surface area contributed by atoms with Gasteiger partial charge in [-0.05, 0) is 42.5 Å². The summed E-state index contributed by atoms with van der Waals surface area (Å²) in [6, 6.07) is 5.23. The van der Waals surface area contributed by atoms with Crippen molar-refractivity contribution in [3.05, 3.63) is 57.9 Å². The maximum Gasteiger partial charge on any atom is 0.213 e. The van der Waals surface area contributed by atoms with Gasteiger partial charge in [0, 0.05) is 19.2 Å². The molecule has 28 heavy (non-hydrogen) atoms. The van der Waals surface area contributed by atoms with E-state index in [0.29, 0.717) is 5.56 Å². The van der Waals surface area contributed by atoms with Gasteiger partial charge >= 0.3 is 0 Å². The van der Waals surface area contributed by atoms with Crippen molar-refractivity contribution in [3.63, 3.8) is 0 Å². The first kappa shape index (κ1) is 22.5. The zero-order valence-electron chi connectivity index (χ0n) is 16.9. The third-order valence-corrected chi connectivity index (χ3v) is 5.56. The predicted octanol–water partition coefficient (Wildman–Crippen LogP) is 3.61. The number of hydrogen-bond donors (Lipinski definition) is 4. The maximum absolute atomic E-state index is 14.5. The minimum absolute atomic E-state index is 0.0652. The molecule has 1 aromatic rings. The molecule has 2 unspecified atom stereocenters. The number of hydrogen-bond acceptors (Lipinski definition) is 6. The second-order valence-electron chi connectivity index (χ2n) is 6.29. The first-order valence-electron chi connectivity index (χ1n) is 9.54. The molecule has 1 saturated heterocycles. The van der Waals surface area contributed by atoms with Crippen LogP contribution in [0.5, 0.6) is 0 Å². The number of aliphatic hydroxyl groups excluding tert-OH is 1. The second-order valence-corrected chi connectivity index (χ2v) is 7.21. The Bertz CT molecular complexity index is 758. The van der Waals surface area contributed by atoms with E-state index >= 15 is 0 Å². The molecule has 3 aliphatic heterocycles. The lowest BCUT2D eigenvalue weighted by atomic mass is 9.97. The van der Waals surface area contributed by atoms with Crippen LogP contribution in [0.4, 0.5) is 4.39 Å². The highest BCUT2D eigenvalue weighted by Gasteiger charge is 2.36. The molecule has 3 heterocycles. The van der Waals surface area contributed by atoms with Gasteiger partial charge in [-0.1, -0.05) is 49.9 Å². The van der Waals surface area contributed by atoms with Gasteiger partial charge in [-0.25, -0.2) is 9.82 Å². The lowest BCUT2D eigenvalue weighted by Crippen LogP contribution is -2.34. The average molecular weight is 408 g/mol. The monoisotopic (exact) mass is 407 g/mol. The quantitative estimate of drug-likeness (QED) is 0.612. The highest BCUT2D eigenvalue weighted by atomic mass is 32.2. The van der Waals surface area contributed by atoms with Gasteiger partial charge in [-0.2, -0.15) is 0 Å². The molecule has 0 spiro atoms. The van der Waals surface area contributed by atoms with Crippen molar-refractivity contribution in [3.8, 4) is 0 Å². The van der Waals surface area contributed by atoms with E-state index in [9.17, 15) is 4.39 Å². The van der Waals surface area contributed by atoms with Gasteiger partial charge in [0.2, 0.25) is 5.88 Å². The fourth-order valence-electron chi connectivity index (χ4n) is 3.15. The fraction of sp³-hybridized carbons (Fsp3) is 0.429. The van der Waals surface area contributed by atoms with E-state index in [-0.39, 0.29) is 18.0 Å². The number of ether oxygens (including phenoxy) is 1. The van der Waals surface area contributed by atoms with Crippen molar-refractivity contribution in [1.29, 1.82) is 0 Å². The molecule has 5 nitrogen and oxygen atoms in total. The number of thioether (sulfide) groups is 1. The van der Waals surface area contributed by atoms with Crippen LogP contribution in [0.25, 0.3) is 11.1 Å². The Morgan fingerprint density at radius 2 is 2.07 bits per heavy atom. The van der Waals surface area contributed by atoms with Crippen LogP contribution in [0.1, 0.15) is 38.3 Å². The average Bonchev–Trinajstić information content (AvgIpc) is 3.45. The van der Waals surface area contributed by atoms with E-state index in [1.54, 1.807) is 17.8 Å². The van der Waals surface area contributed by atoms with Crippen LogP contribution in [0.3, 0.4) is 0 Å². The van der Waals surface area contributed by atoms with Crippen LogP contribution >= 0.6 is 11.8 Å². The normalized spacial score (nSPS) is 22.3. The molecular formula is C21H30FN3O2S. The molecule has 154 valence electrons. The van der Waals surface area contributed by atoms with E-state index in [2.05, 4.69) is 22.7 Å². The van der Waals surface area contributed by atoms with Crippen LogP contribution in [0, 0.1) is 5.82 Å². The molecule has 1 fully saturated rings. The molecule has 3 aliphatic rings. The number of hydrazine groups is 1. The van der Waals surface area contributed by atoms with Crippen molar-refractivity contribution in [2.75, 3.05) is 20.2 Å². The summed E-state index contributed by atoms with van der Waals surface area (Å²) in [6.45, 7) is 11.6. The van der Waals surface area contributed by atoms with Crippen LogP contribution in [0.15, 0.2) is 41.0 Å². The Labute approximate surface area is 171 Å². The van der Waals surface area contributed by atoms with E-state index in [1.807, 2.05) is 38.3 Å². The Morgan fingerprint density at radius 1 is 1.32 bits per heavy atom. The van der Waals surface area contributed by atoms with E-state index < -0.39 is 0 Å². The van der Waals surface area contributed by atoms with Gasteiger partial charge in [0.1, 0.15) is 11.9 Å². The summed E-state index contributed by atoms with van der Waals surface area (Å²) in [7, 11) is 1.00. The molecule has 4 rings (SSSR count). The topological polar surface area (TPSA) is 65.5 Å². The molecule has 0 aromatic heterocycles. The Hall–Kier alpha value is -1.80. The number of fused-ring (bicyclic) bond motifs is 1. The predicted molar refractivity (Wildman–Crippen MR) is 116 cm³/mol. The number of halogens is 1. The van der Waals surface area contributed by atoms with Crippen molar-refractivity contribution < 1.29 is 14.2 Å². The van der Waals surface area contributed by atoms with Crippen LogP contribution < -0.4 is 16.2 Å². The highest BCUT2D eigenvalue weighted by Crippen LogP contribution is 2.43. The van der Waals surface area contributed by atoms with Gasteiger partial charge in [0.25, 0.3) is 0 Å². The molecular weight excluding hydrogens is 377 g/mol. The summed E-state index contributed by atoms with van der Waals surface area (Å²) >= 11 is 1.59. The molecule has 4 N–H and O–H groups in total. The third kappa shape index (κ3) is 4.78. The molecule has 0 amide bonds.